The highest BCUT2D eigenvalue weighted by Crippen LogP contribution is 2.19. The molecule has 1 rings (SSSR count). The molecule has 0 aliphatic carbocycles. The summed E-state index contributed by atoms with van der Waals surface area (Å²) in [5.74, 6) is 0.516. The Bertz CT molecular complexity index is 377. The number of nitrogens with one attached hydrogen (secondary N) is 1. The van der Waals surface area contributed by atoms with Crippen LogP contribution in [0.1, 0.15) is 5.56 Å². The number of aromatic nitrogens is 1. The molecule has 0 aliphatic heterocycles. The molecular weight excluding hydrogens is 206 g/mol. The van der Waals surface area contributed by atoms with Crippen LogP contribution in [0.3, 0.4) is 0 Å². The monoisotopic (exact) mass is 223 g/mol. The maximum absolute atomic E-state index is 11.6. The number of hydrogen-bond acceptors (Lipinski definition) is 4. The van der Waals surface area contributed by atoms with E-state index in [0.717, 1.165) is 11.3 Å². The highest BCUT2D eigenvalue weighted by atomic mass is 16.5. The number of carbonyl (C=O) groups excluding carboxylic acids is 1. The van der Waals surface area contributed by atoms with Gasteiger partial charge in [0, 0.05) is 26.7 Å². The highest BCUT2D eigenvalue weighted by molar-refractivity contribution is 5.79. The van der Waals surface area contributed by atoms with E-state index in [1.807, 2.05) is 6.07 Å². The lowest BCUT2D eigenvalue weighted by Gasteiger charge is -2.12. The van der Waals surface area contributed by atoms with Gasteiger partial charge in [-0.2, -0.15) is 0 Å². The molecule has 0 bridgehead atoms. The number of methoxy groups -OCH3 is 1. The van der Waals surface area contributed by atoms with E-state index in [0.29, 0.717) is 12.3 Å². The number of carbonyl (C=O) groups is 1. The molecule has 0 saturated carbocycles. The third-order valence-corrected chi connectivity index (χ3v) is 2.25. The molecule has 1 N–H and O–H groups in total. The summed E-state index contributed by atoms with van der Waals surface area (Å²) in [5, 5.41) is 2.98. The lowest BCUT2D eigenvalue weighted by molar-refractivity contribution is -0.127. The van der Waals surface area contributed by atoms with E-state index < -0.39 is 0 Å². The zero-order valence-corrected chi connectivity index (χ0v) is 10.1. The molecule has 1 amide bonds. The Balaban J connectivity index is 2.95. The summed E-state index contributed by atoms with van der Waals surface area (Å²) >= 11 is 0. The number of rotatable bonds is 4. The molecule has 5 nitrogen and oxygen atoms in total. The molecule has 0 fully saturated rings. The Morgan fingerprint density at radius 2 is 2.25 bits per heavy atom. The van der Waals surface area contributed by atoms with Crippen molar-refractivity contribution in [1.82, 2.24) is 9.88 Å². The highest BCUT2D eigenvalue weighted by Gasteiger charge is 2.12. The van der Waals surface area contributed by atoms with Crippen LogP contribution in [-0.4, -0.2) is 44.0 Å². The van der Waals surface area contributed by atoms with E-state index in [2.05, 4.69) is 10.3 Å². The summed E-state index contributed by atoms with van der Waals surface area (Å²) in [6.07, 6.45) is 1.96. The van der Waals surface area contributed by atoms with E-state index in [4.69, 9.17) is 4.74 Å². The van der Waals surface area contributed by atoms with Gasteiger partial charge in [0.05, 0.1) is 25.4 Å². The lowest BCUT2D eigenvalue weighted by atomic mass is 10.1. The van der Waals surface area contributed by atoms with Gasteiger partial charge >= 0.3 is 0 Å². The van der Waals surface area contributed by atoms with Crippen molar-refractivity contribution in [2.24, 2.45) is 0 Å². The quantitative estimate of drug-likeness (QED) is 0.819. The molecular formula is C11H17N3O2. The molecule has 0 saturated heterocycles. The van der Waals surface area contributed by atoms with Crippen molar-refractivity contribution < 1.29 is 9.53 Å². The topological polar surface area (TPSA) is 54.5 Å². The molecule has 1 aromatic heterocycles. The van der Waals surface area contributed by atoms with Crippen molar-refractivity contribution in [3.8, 4) is 5.88 Å². The van der Waals surface area contributed by atoms with Crippen LogP contribution < -0.4 is 10.1 Å². The van der Waals surface area contributed by atoms with Crippen LogP contribution in [-0.2, 0) is 11.2 Å². The first-order valence-electron chi connectivity index (χ1n) is 4.99. The summed E-state index contributed by atoms with van der Waals surface area (Å²) in [4.78, 5) is 17.3. The van der Waals surface area contributed by atoms with Gasteiger partial charge in [-0.3, -0.25) is 4.79 Å². The summed E-state index contributed by atoms with van der Waals surface area (Å²) in [6, 6.07) is 1.87. The lowest BCUT2D eigenvalue weighted by Crippen LogP contribution is -2.23. The molecule has 0 unspecified atom stereocenters. The zero-order valence-electron chi connectivity index (χ0n) is 10.1. The SMILES string of the molecule is CNc1cnc(OC)c(CC(=O)N(C)C)c1. The number of likely N-dealkylation sites (N-methyl/N-ethyl adjacent to an activating group) is 1. The number of pyridine rings is 1. The number of hydrogen-bond donors (Lipinski definition) is 1. The Labute approximate surface area is 95.4 Å². The Morgan fingerprint density at radius 3 is 2.75 bits per heavy atom. The van der Waals surface area contributed by atoms with Crippen molar-refractivity contribution in [3.05, 3.63) is 17.8 Å². The van der Waals surface area contributed by atoms with Gasteiger partial charge in [0.2, 0.25) is 11.8 Å². The minimum absolute atomic E-state index is 0.0216. The number of ether oxygens (including phenoxy) is 1. The molecule has 0 radical (unpaired) electrons. The van der Waals surface area contributed by atoms with E-state index in [-0.39, 0.29) is 5.91 Å². The summed E-state index contributed by atoms with van der Waals surface area (Å²) in [7, 11) is 6.81. The van der Waals surface area contributed by atoms with E-state index >= 15 is 0 Å². The molecule has 0 atom stereocenters. The zero-order chi connectivity index (χ0) is 12.1. The van der Waals surface area contributed by atoms with Crippen LogP contribution in [0, 0.1) is 0 Å². The second-order valence-corrected chi connectivity index (χ2v) is 3.61. The van der Waals surface area contributed by atoms with E-state index in [1.54, 1.807) is 39.3 Å². The Kier molecular flexibility index (Phi) is 4.10. The first-order valence-corrected chi connectivity index (χ1v) is 4.99. The summed E-state index contributed by atoms with van der Waals surface area (Å²) in [6.45, 7) is 0. The van der Waals surface area contributed by atoms with Crippen molar-refractivity contribution >= 4 is 11.6 Å². The molecule has 1 heterocycles. The molecule has 5 heteroatoms. The summed E-state index contributed by atoms with van der Waals surface area (Å²) < 4.78 is 5.12. The van der Waals surface area contributed by atoms with Crippen LogP contribution in [0.25, 0.3) is 0 Å². The minimum atomic E-state index is 0.0216. The maximum Gasteiger partial charge on any atom is 0.226 e. The molecule has 0 aliphatic rings. The second-order valence-electron chi connectivity index (χ2n) is 3.61. The van der Waals surface area contributed by atoms with E-state index in [9.17, 15) is 4.79 Å². The Hall–Kier alpha value is -1.78. The molecule has 16 heavy (non-hydrogen) atoms. The predicted octanol–water partition coefficient (Wildman–Crippen LogP) is 0.763. The van der Waals surface area contributed by atoms with Crippen LogP contribution in [0.5, 0.6) is 5.88 Å². The smallest absolute Gasteiger partial charge is 0.226 e. The van der Waals surface area contributed by atoms with Gasteiger partial charge in [-0.25, -0.2) is 4.98 Å². The van der Waals surface area contributed by atoms with E-state index in [1.165, 1.54) is 0 Å². The number of nitrogens with zero attached hydrogens (tertiary/aromatic N) is 2. The van der Waals surface area contributed by atoms with Crippen LogP contribution >= 0.6 is 0 Å². The van der Waals surface area contributed by atoms with Crippen LogP contribution in [0.2, 0.25) is 0 Å². The van der Waals surface area contributed by atoms with Gasteiger partial charge in [-0.05, 0) is 6.07 Å². The standard InChI is InChI=1S/C11H17N3O2/c1-12-9-5-8(6-10(15)14(2)3)11(16-4)13-7-9/h5,7,12H,6H2,1-4H3. The fourth-order valence-corrected chi connectivity index (χ4v) is 1.27. The number of anilines is 1. The first kappa shape index (κ1) is 12.3. The average molecular weight is 223 g/mol. The normalized spacial score (nSPS) is 9.75. The van der Waals surface area contributed by atoms with Crippen molar-refractivity contribution in [2.75, 3.05) is 33.6 Å². The van der Waals surface area contributed by atoms with Gasteiger partial charge in [-0.1, -0.05) is 0 Å². The van der Waals surface area contributed by atoms with Crippen molar-refractivity contribution in [3.63, 3.8) is 0 Å². The second kappa shape index (κ2) is 5.34. The van der Waals surface area contributed by atoms with Gasteiger partial charge in [0.15, 0.2) is 0 Å². The minimum Gasteiger partial charge on any atom is -0.481 e. The third kappa shape index (κ3) is 2.85. The fourth-order valence-electron chi connectivity index (χ4n) is 1.27. The van der Waals surface area contributed by atoms with Gasteiger partial charge in [0.25, 0.3) is 0 Å². The molecule has 88 valence electrons. The molecule has 0 aromatic carbocycles. The maximum atomic E-state index is 11.6. The first-order chi connectivity index (χ1) is 7.58. The van der Waals surface area contributed by atoms with Gasteiger partial charge in [0.1, 0.15) is 0 Å². The third-order valence-electron chi connectivity index (χ3n) is 2.25. The molecule has 0 spiro atoms. The number of amides is 1. The van der Waals surface area contributed by atoms with Crippen LogP contribution in [0.4, 0.5) is 5.69 Å². The van der Waals surface area contributed by atoms with Crippen LogP contribution in [0.15, 0.2) is 12.3 Å². The van der Waals surface area contributed by atoms with Crippen molar-refractivity contribution in [2.45, 2.75) is 6.42 Å². The average Bonchev–Trinajstić information content (AvgIpc) is 2.28. The molecule has 1 aromatic rings. The van der Waals surface area contributed by atoms with Crippen molar-refractivity contribution in [1.29, 1.82) is 0 Å². The van der Waals surface area contributed by atoms with Gasteiger partial charge < -0.3 is 15.0 Å². The summed E-state index contributed by atoms with van der Waals surface area (Å²) in [5.41, 5.74) is 1.65. The Morgan fingerprint density at radius 1 is 1.56 bits per heavy atom. The predicted molar refractivity (Wildman–Crippen MR) is 62.7 cm³/mol. The fraction of sp³-hybridized carbons (Fsp3) is 0.455. The largest absolute Gasteiger partial charge is 0.481 e. The van der Waals surface area contributed by atoms with Gasteiger partial charge in [-0.15, -0.1) is 0 Å².